The van der Waals surface area contributed by atoms with Gasteiger partial charge in [-0.15, -0.1) is 0 Å². The molecule has 0 fully saturated rings. The molecule has 0 amide bonds. The number of halogens is 1. The van der Waals surface area contributed by atoms with Gasteiger partial charge in [0, 0.05) is 12.3 Å². The number of benzene rings is 2. The van der Waals surface area contributed by atoms with Crippen LogP contribution in [-0.4, -0.2) is 27.3 Å². The minimum Gasteiger partial charge on any atom is -0.462 e. The molecule has 8 heteroatoms. The van der Waals surface area contributed by atoms with Crippen molar-refractivity contribution in [2.75, 3.05) is 6.61 Å². The minimum absolute atomic E-state index is 0.126. The lowest BCUT2D eigenvalue weighted by Gasteiger charge is -2.03. The predicted molar refractivity (Wildman–Crippen MR) is 96.6 cm³/mol. The van der Waals surface area contributed by atoms with E-state index in [1.807, 2.05) is 0 Å². The molecule has 0 spiro atoms. The molecule has 1 aromatic heterocycles. The van der Waals surface area contributed by atoms with Gasteiger partial charge in [0.2, 0.25) is 0 Å². The number of hydrogen-bond donors (Lipinski definition) is 0. The fourth-order valence-corrected chi connectivity index (χ4v) is 2.75. The number of nitro benzene ring substituents is 1. The van der Waals surface area contributed by atoms with Gasteiger partial charge in [0.15, 0.2) is 0 Å². The maximum absolute atomic E-state index is 12.4. The predicted octanol–water partition coefficient (Wildman–Crippen LogP) is 4.28. The summed E-state index contributed by atoms with van der Waals surface area (Å²) in [7, 11) is 0. The van der Waals surface area contributed by atoms with Crippen LogP contribution in [0, 0.1) is 10.1 Å². The molecule has 132 valence electrons. The summed E-state index contributed by atoms with van der Waals surface area (Å²) in [6.45, 7) is 1.85. The van der Waals surface area contributed by atoms with Crippen LogP contribution in [0.2, 0.25) is 5.02 Å². The molecule has 0 radical (unpaired) electrons. The molecule has 26 heavy (non-hydrogen) atoms. The van der Waals surface area contributed by atoms with Crippen LogP contribution in [0.25, 0.3) is 16.9 Å². The number of carbonyl (C=O) groups is 1. The molecule has 0 saturated carbocycles. The second-order valence-corrected chi connectivity index (χ2v) is 5.69. The number of nitrogens with zero attached hydrogens (tertiary/aromatic N) is 3. The van der Waals surface area contributed by atoms with Gasteiger partial charge in [-0.25, -0.2) is 9.48 Å². The zero-order valence-corrected chi connectivity index (χ0v) is 14.5. The number of aromatic nitrogens is 2. The lowest BCUT2D eigenvalue weighted by molar-refractivity contribution is -0.384. The molecular weight excluding hydrogens is 358 g/mol. The Kier molecular flexibility index (Phi) is 4.99. The summed E-state index contributed by atoms with van der Waals surface area (Å²) in [6, 6.07) is 13.1. The molecule has 3 aromatic rings. The first-order valence-corrected chi connectivity index (χ1v) is 8.16. The fraction of sp³-hybridized carbons (Fsp3) is 0.111. The number of hydrogen-bond acceptors (Lipinski definition) is 5. The van der Waals surface area contributed by atoms with Gasteiger partial charge in [-0.05, 0) is 25.1 Å². The topological polar surface area (TPSA) is 87.3 Å². The van der Waals surface area contributed by atoms with Crippen molar-refractivity contribution in [3.05, 3.63) is 75.4 Å². The largest absolute Gasteiger partial charge is 0.462 e. The quantitative estimate of drug-likeness (QED) is 0.379. The second kappa shape index (κ2) is 7.37. The molecule has 0 aliphatic heterocycles. The Morgan fingerprint density at radius 1 is 1.23 bits per heavy atom. The maximum atomic E-state index is 12.4. The van der Waals surface area contributed by atoms with Gasteiger partial charge in [-0.2, -0.15) is 5.10 Å². The number of ether oxygens (including phenoxy) is 1. The van der Waals surface area contributed by atoms with Gasteiger partial charge in [-0.1, -0.05) is 35.9 Å². The lowest BCUT2D eigenvalue weighted by Crippen LogP contribution is -2.05. The van der Waals surface area contributed by atoms with E-state index in [1.165, 1.54) is 16.9 Å². The Labute approximate surface area is 153 Å². The van der Waals surface area contributed by atoms with E-state index in [9.17, 15) is 14.9 Å². The van der Waals surface area contributed by atoms with E-state index < -0.39 is 10.9 Å². The van der Waals surface area contributed by atoms with Crippen molar-refractivity contribution in [1.82, 2.24) is 9.78 Å². The first-order valence-electron chi connectivity index (χ1n) is 7.78. The molecule has 2 aromatic carbocycles. The second-order valence-electron chi connectivity index (χ2n) is 5.28. The highest BCUT2D eigenvalue weighted by Crippen LogP contribution is 2.32. The van der Waals surface area contributed by atoms with Gasteiger partial charge >= 0.3 is 5.97 Å². The summed E-state index contributed by atoms with van der Waals surface area (Å²) in [6.07, 6.45) is 1.46. The summed E-state index contributed by atoms with van der Waals surface area (Å²) in [5, 5.41) is 16.2. The molecule has 0 bridgehead atoms. The van der Waals surface area contributed by atoms with Crippen LogP contribution in [-0.2, 0) is 4.74 Å². The van der Waals surface area contributed by atoms with E-state index in [-0.39, 0.29) is 29.1 Å². The number of carbonyl (C=O) groups excluding carboxylic acids is 1. The van der Waals surface area contributed by atoms with E-state index in [0.717, 1.165) is 0 Å². The Hall–Kier alpha value is -3.19. The summed E-state index contributed by atoms with van der Waals surface area (Å²) >= 11 is 6.20. The number of para-hydroxylation sites is 2. The molecule has 0 saturated heterocycles. The van der Waals surface area contributed by atoms with Gasteiger partial charge in [0.05, 0.1) is 27.8 Å². The third-order valence-electron chi connectivity index (χ3n) is 3.66. The highest BCUT2D eigenvalue weighted by Gasteiger charge is 2.25. The van der Waals surface area contributed by atoms with Crippen LogP contribution in [0.1, 0.15) is 17.3 Å². The maximum Gasteiger partial charge on any atom is 0.342 e. The highest BCUT2D eigenvalue weighted by atomic mass is 35.5. The summed E-state index contributed by atoms with van der Waals surface area (Å²) < 4.78 is 6.49. The van der Waals surface area contributed by atoms with E-state index in [1.54, 1.807) is 49.4 Å². The zero-order valence-electron chi connectivity index (χ0n) is 13.8. The summed E-state index contributed by atoms with van der Waals surface area (Å²) in [4.78, 5) is 23.2. The van der Waals surface area contributed by atoms with E-state index in [2.05, 4.69) is 5.10 Å². The molecule has 0 unspecified atom stereocenters. The molecule has 0 aliphatic carbocycles. The fourth-order valence-electron chi connectivity index (χ4n) is 2.53. The van der Waals surface area contributed by atoms with Crippen LogP contribution >= 0.6 is 11.6 Å². The minimum atomic E-state index is -0.612. The molecule has 0 aliphatic rings. The lowest BCUT2D eigenvalue weighted by atomic mass is 10.1. The number of rotatable bonds is 5. The zero-order chi connectivity index (χ0) is 18.7. The van der Waals surface area contributed by atoms with Crippen LogP contribution < -0.4 is 0 Å². The normalized spacial score (nSPS) is 10.5. The summed E-state index contributed by atoms with van der Waals surface area (Å²) in [5.41, 5.74) is 0.912. The molecular formula is C18H14ClN3O4. The SMILES string of the molecule is CCOC(=O)c1cn(-c2ccccc2Cl)nc1-c1ccccc1[N+](=O)[O-]. The number of esters is 1. The van der Waals surface area contributed by atoms with Crippen LogP contribution in [0.15, 0.2) is 54.7 Å². The van der Waals surface area contributed by atoms with Crippen molar-refractivity contribution in [1.29, 1.82) is 0 Å². The Balaban J connectivity index is 2.23. The average Bonchev–Trinajstić information content (AvgIpc) is 3.07. The van der Waals surface area contributed by atoms with Crippen molar-refractivity contribution in [3.63, 3.8) is 0 Å². The van der Waals surface area contributed by atoms with E-state index >= 15 is 0 Å². The molecule has 0 atom stereocenters. The van der Waals surface area contributed by atoms with Crippen molar-refractivity contribution in [2.45, 2.75) is 6.92 Å². The monoisotopic (exact) mass is 371 g/mol. The van der Waals surface area contributed by atoms with Gasteiger partial charge in [0.25, 0.3) is 5.69 Å². The Bertz CT molecular complexity index is 984. The first-order chi connectivity index (χ1) is 12.5. The van der Waals surface area contributed by atoms with Crippen molar-refractivity contribution >= 4 is 23.3 Å². The third-order valence-corrected chi connectivity index (χ3v) is 3.98. The van der Waals surface area contributed by atoms with E-state index in [4.69, 9.17) is 16.3 Å². The summed E-state index contributed by atoms with van der Waals surface area (Å²) in [5.74, 6) is -0.612. The van der Waals surface area contributed by atoms with Crippen LogP contribution in [0.4, 0.5) is 5.69 Å². The van der Waals surface area contributed by atoms with Crippen molar-refractivity contribution in [2.24, 2.45) is 0 Å². The van der Waals surface area contributed by atoms with Crippen LogP contribution in [0.5, 0.6) is 0 Å². The van der Waals surface area contributed by atoms with Gasteiger partial charge < -0.3 is 4.74 Å². The highest BCUT2D eigenvalue weighted by molar-refractivity contribution is 6.32. The Morgan fingerprint density at radius 2 is 1.92 bits per heavy atom. The number of nitro groups is 1. The standard InChI is InChI=1S/C18H14ClN3O4/c1-2-26-18(23)13-11-21(16-10-6-4-8-14(16)19)20-17(13)12-7-3-5-9-15(12)22(24)25/h3-11H,2H2,1H3. The van der Waals surface area contributed by atoms with Gasteiger partial charge in [0.1, 0.15) is 11.3 Å². The molecule has 7 nitrogen and oxygen atoms in total. The third kappa shape index (κ3) is 3.29. The Morgan fingerprint density at radius 3 is 2.62 bits per heavy atom. The van der Waals surface area contributed by atoms with Crippen LogP contribution in [0.3, 0.4) is 0 Å². The van der Waals surface area contributed by atoms with E-state index in [0.29, 0.717) is 10.7 Å². The molecule has 3 rings (SSSR count). The first kappa shape index (κ1) is 17.6. The van der Waals surface area contributed by atoms with Crippen molar-refractivity contribution in [3.8, 4) is 16.9 Å². The smallest absolute Gasteiger partial charge is 0.342 e. The van der Waals surface area contributed by atoms with Gasteiger partial charge in [-0.3, -0.25) is 10.1 Å². The average molecular weight is 372 g/mol. The molecule has 0 N–H and O–H groups in total. The molecule has 1 heterocycles. The van der Waals surface area contributed by atoms with Crippen molar-refractivity contribution < 1.29 is 14.5 Å².